The van der Waals surface area contributed by atoms with Crippen LogP contribution in [0.1, 0.15) is 46.5 Å². The molecule has 0 saturated heterocycles. The summed E-state index contributed by atoms with van der Waals surface area (Å²) in [7, 11) is -3.54. The first kappa shape index (κ1) is 21.6. The van der Waals surface area contributed by atoms with E-state index in [1.54, 1.807) is 0 Å². The summed E-state index contributed by atoms with van der Waals surface area (Å²) in [5.74, 6) is -0.268. The molecule has 6 nitrogen and oxygen atoms in total. The fourth-order valence-electron chi connectivity index (χ4n) is 2.58. The number of carbonyl (C=O) groups excluding carboxylic acids is 1. The van der Waals surface area contributed by atoms with E-state index in [4.69, 9.17) is 0 Å². The van der Waals surface area contributed by atoms with E-state index in [2.05, 4.69) is 22.3 Å². The first-order chi connectivity index (χ1) is 9.82. The lowest BCUT2D eigenvalue weighted by molar-refractivity contribution is -0.118. The summed E-state index contributed by atoms with van der Waals surface area (Å²) in [6, 6.07) is 0.120. The number of hydrogen-bond donors (Lipinski definition) is 3. The Kier molecular flexibility index (Phi) is 10.2. The standard InChI is InChI=1S/C14H29N3O3S.ClH/c1-4-15-12(3)9-16-14(18)10-21(19,20)17-13-7-5-11(2)6-8-13;/h11-13,15,17H,4-10H2,1-3H3,(H,16,18);1H/t11?,12-,13?;/m1./s1. The van der Waals surface area contributed by atoms with E-state index in [-0.39, 0.29) is 24.5 Å². The zero-order valence-corrected chi connectivity index (χ0v) is 15.4. The molecule has 1 aliphatic rings. The van der Waals surface area contributed by atoms with E-state index in [1.165, 1.54) is 0 Å². The van der Waals surface area contributed by atoms with Gasteiger partial charge in [0.1, 0.15) is 5.75 Å². The van der Waals surface area contributed by atoms with Gasteiger partial charge in [0, 0.05) is 18.6 Å². The van der Waals surface area contributed by atoms with Crippen molar-refractivity contribution in [1.29, 1.82) is 0 Å². The average molecular weight is 356 g/mol. The highest BCUT2D eigenvalue weighted by Gasteiger charge is 2.24. The van der Waals surface area contributed by atoms with Crippen LogP contribution in [0, 0.1) is 5.92 Å². The number of likely N-dealkylation sites (N-methyl/N-ethyl adjacent to an activating group) is 1. The van der Waals surface area contributed by atoms with Crippen LogP contribution in [0.3, 0.4) is 0 Å². The predicted molar refractivity (Wildman–Crippen MR) is 91.7 cm³/mol. The highest BCUT2D eigenvalue weighted by atomic mass is 35.5. The van der Waals surface area contributed by atoms with Gasteiger partial charge in [0.05, 0.1) is 0 Å². The maximum absolute atomic E-state index is 12.0. The number of halogens is 1. The third kappa shape index (κ3) is 8.92. The van der Waals surface area contributed by atoms with Crippen LogP contribution in [0.15, 0.2) is 0 Å². The monoisotopic (exact) mass is 355 g/mol. The largest absolute Gasteiger partial charge is 0.354 e. The Morgan fingerprint density at radius 3 is 2.36 bits per heavy atom. The molecule has 0 aromatic heterocycles. The number of amides is 1. The van der Waals surface area contributed by atoms with E-state index in [9.17, 15) is 13.2 Å². The van der Waals surface area contributed by atoms with Gasteiger partial charge < -0.3 is 10.6 Å². The number of hydrogen-bond acceptors (Lipinski definition) is 4. The first-order valence-corrected chi connectivity index (χ1v) is 9.47. The molecule has 1 atom stereocenters. The minimum absolute atomic E-state index is 0. The average Bonchev–Trinajstić information content (AvgIpc) is 2.39. The summed E-state index contributed by atoms with van der Waals surface area (Å²) in [5, 5.41) is 5.80. The smallest absolute Gasteiger partial charge is 0.236 e. The van der Waals surface area contributed by atoms with Crippen LogP contribution in [-0.2, 0) is 14.8 Å². The van der Waals surface area contributed by atoms with Crippen molar-refractivity contribution < 1.29 is 13.2 Å². The van der Waals surface area contributed by atoms with Crippen LogP contribution in [0.2, 0.25) is 0 Å². The SMILES string of the molecule is CCN[C@H](C)CNC(=O)CS(=O)(=O)NC1CCC(C)CC1.Cl. The van der Waals surface area contributed by atoms with Crippen molar-refractivity contribution in [2.75, 3.05) is 18.8 Å². The Morgan fingerprint density at radius 1 is 1.23 bits per heavy atom. The van der Waals surface area contributed by atoms with Gasteiger partial charge in [-0.25, -0.2) is 13.1 Å². The van der Waals surface area contributed by atoms with Crippen LogP contribution in [0.5, 0.6) is 0 Å². The molecule has 0 radical (unpaired) electrons. The molecule has 0 unspecified atom stereocenters. The van der Waals surface area contributed by atoms with E-state index < -0.39 is 21.7 Å². The molecule has 1 saturated carbocycles. The maximum Gasteiger partial charge on any atom is 0.236 e. The minimum Gasteiger partial charge on any atom is -0.354 e. The Bertz CT molecular complexity index is 423. The Labute approximate surface area is 140 Å². The van der Waals surface area contributed by atoms with Crippen LogP contribution in [0.4, 0.5) is 0 Å². The molecular weight excluding hydrogens is 326 g/mol. The summed E-state index contributed by atoms with van der Waals surface area (Å²) in [5.41, 5.74) is 0. The molecular formula is C14H30ClN3O3S. The molecule has 3 N–H and O–H groups in total. The van der Waals surface area contributed by atoms with Crippen molar-refractivity contribution in [3.8, 4) is 0 Å². The lowest BCUT2D eigenvalue weighted by atomic mass is 9.88. The second-order valence-electron chi connectivity index (χ2n) is 6.10. The second-order valence-corrected chi connectivity index (χ2v) is 7.85. The molecule has 0 aromatic rings. The number of rotatable bonds is 8. The van der Waals surface area contributed by atoms with Crippen LogP contribution < -0.4 is 15.4 Å². The van der Waals surface area contributed by atoms with E-state index in [1.807, 2.05) is 13.8 Å². The number of sulfonamides is 1. The van der Waals surface area contributed by atoms with Gasteiger partial charge >= 0.3 is 0 Å². The molecule has 132 valence electrons. The van der Waals surface area contributed by atoms with Crippen molar-refractivity contribution in [2.45, 2.75) is 58.5 Å². The van der Waals surface area contributed by atoms with Crippen LogP contribution in [-0.4, -0.2) is 45.3 Å². The molecule has 1 amide bonds. The minimum atomic E-state index is -3.54. The molecule has 0 bridgehead atoms. The van der Waals surface area contributed by atoms with Crippen LogP contribution >= 0.6 is 12.4 Å². The molecule has 1 aliphatic carbocycles. The van der Waals surface area contributed by atoms with Crippen molar-refractivity contribution in [3.05, 3.63) is 0 Å². The van der Waals surface area contributed by atoms with Gasteiger partial charge in [-0.2, -0.15) is 0 Å². The Morgan fingerprint density at radius 2 is 1.82 bits per heavy atom. The number of carbonyl (C=O) groups is 1. The summed E-state index contributed by atoms with van der Waals surface area (Å²) in [6.45, 7) is 7.36. The first-order valence-electron chi connectivity index (χ1n) is 7.82. The van der Waals surface area contributed by atoms with Crippen molar-refractivity contribution in [3.63, 3.8) is 0 Å². The summed E-state index contributed by atoms with van der Waals surface area (Å²) >= 11 is 0. The molecule has 1 rings (SSSR count). The van der Waals surface area contributed by atoms with Gasteiger partial charge in [-0.15, -0.1) is 12.4 Å². The van der Waals surface area contributed by atoms with E-state index in [0.29, 0.717) is 12.5 Å². The molecule has 0 aliphatic heterocycles. The van der Waals surface area contributed by atoms with E-state index in [0.717, 1.165) is 32.2 Å². The normalized spacial score (nSPS) is 23.4. The van der Waals surface area contributed by atoms with Gasteiger partial charge in [0.25, 0.3) is 0 Å². The lowest BCUT2D eigenvalue weighted by Gasteiger charge is -2.26. The van der Waals surface area contributed by atoms with E-state index >= 15 is 0 Å². The van der Waals surface area contributed by atoms with Gasteiger partial charge in [-0.3, -0.25) is 4.79 Å². The highest BCUT2D eigenvalue weighted by Crippen LogP contribution is 2.23. The number of nitrogens with one attached hydrogen (secondary N) is 3. The summed E-state index contributed by atoms with van der Waals surface area (Å²) in [6.07, 6.45) is 3.80. The fourth-order valence-corrected chi connectivity index (χ4v) is 3.86. The third-order valence-electron chi connectivity index (χ3n) is 3.84. The predicted octanol–water partition coefficient (Wildman–Crippen LogP) is 1.02. The van der Waals surface area contributed by atoms with Gasteiger partial charge in [0.2, 0.25) is 15.9 Å². The summed E-state index contributed by atoms with van der Waals surface area (Å²) in [4.78, 5) is 11.7. The van der Waals surface area contributed by atoms with Gasteiger partial charge in [0.15, 0.2) is 0 Å². The summed E-state index contributed by atoms with van der Waals surface area (Å²) < 4.78 is 26.6. The molecule has 22 heavy (non-hydrogen) atoms. The van der Waals surface area contributed by atoms with Crippen molar-refractivity contribution in [2.24, 2.45) is 5.92 Å². The topological polar surface area (TPSA) is 87.3 Å². The highest BCUT2D eigenvalue weighted by molar-refractivity contribution is 7.90. The van der Waals surface area contributed by atoms with Crippen LogP contribution in [0.25, 0.3) is 0 Å². The zero-order valence-electron chi connectivity index (χ0n) is 13.7. The van der Waals surface area contributed by atoms with Crippen molar-refractivity contribution in [1.82, 2.24) is 15.4 Å². The molecule has 0 heterocycles. The van der Waals surface area contributed by atoms with Gasteiger partial charge in [-0.1, -0.05) is 13.8 Å². The Hall–Kier alpha value is -0.370. The molecule has 0 aromatic carbocycles. The second kappa shape index (κ2) is 10.4. The zero-order chi connectivity index (χ0) is 15.9. The maximum atomic E-state index is 12.0. The molecule has 8 heteroatoms. The third-order valence-corrected chi connectivity index (χ3v) is 5.18. The quantitative estimate of drug-likeness (QED) is 0.606. The van der Waals surface area contributed by atoms with Crippen molar-refractivity contribution >= 4 is 28.3 Å². The fraction of sp³-hybridized carbons (Fsp3) is 0.929. The molecule has 1 fully saturated rings. The molecule has 0 spiro atoms. The lowest BCUT2D eigenvalue weighted by Crippen LogP contribution is -2.45. The Balaban J connectivity index is 0.00000441. The van der Waals surface area contributed by atoms with Gasteiger partial charge in [-0.05, 0) is 45.1 Å².